The first-order valence-electron chi connectivity index (χ1n) is 7.54. The van der Waals surface area contributed by atoms with E-state index in [1.54, 1.807) is 16.8 Å². The van der Waals surface area contributed by atoms with E-state index in [-0.39, 0.29) is 5.82 Å². The third-order valence-electron chi connectivity index (χ3n) is 3.44. The number of aromatic nitrogens is 2. The highest BCUT2D eigenvalue weighted by atomic mass is 19.1. The highest BCUT2D eigenvalue weighted by Crippen LogP contribution is 2.10. The molecule has 0 atom stereocenters. The van der Waals surface area contributed by atoms with Crippen molar-refractivity contribution in [2.75, 3.05) is 5.32 Å². The van der Waals surface area contributed by atoms with Crippen LogP contribution in [0.1, 0.15) is 11.3 Å². The smallest absolute Gasteiger partial charge is 0.193 e. The number of nitrogens with two attached hydrogens (primary N) is 1. The normalized spacial score (nSPS) is 11.5. The van der Waals surface area contributed by atoms with Crippen LogP contribution in [-0.2, 0) is 6.54 Å². The van der Waals surface area contributed by atoms with Gasteiger partial charge in [0.25, 0.3) is 0 Å². The Morgan fingerprint density at radius 2 is 2.00 bits per heavy atom. The first kappa shape index (κ1) is 15.7. The van der Waals surface area contributed by atoms with Crippen molar-refractivity contribution in [1.82, 2.24) is 9.78 Å². The average Bonchev–Trinajstić information content (AvgIpc) is 3.03. The Kier molecular flexibility index (Phi) is 4.56. The molecule has 0 saturated carbocycles. The molecular weight excluding hydrogens is 305 g/mol. The Balaban J connectivity index is 1.65. The molecular formula is C18H18FN5. The lowest BCUT2D eigenvalue weighted by Crippen LogP contribution is -2.22. The number of hydrogen-bond acceptors (Lipinski definition) is 2. The molecule has 0 bridgehead atoms. The summed E-state index contributed by atoms with van der Waals surface area (Å²) in [5.74, 6) is 0.0580. The number of aliphatic imine (C=N–C) groups is 1. The van der Waals surface area contributed by atoms with Gasteiger partial charge in [-0.3, -0.25) is 0 Å². The van der Waals surface area contributed by atoms with E-state index in [0.29, 0.717) is 12.5 Å². The van der Waals surface area contributed by atoms with Gasteiger partial charge >= 0.3 is 0 Å². The number of nitrogens with zero attached hydrogens (tertiary/aromatic N) is 3. The van der Waals surface area contributed by atoms with Gasteiger partial charge in [0.1, 0.15) is 5.82 Å². The predicted molar refractivity (Wildman–Crippen MR) is 93.7 cm³/mol. The zero-order chi connectivity index (χ0) is 16.9. The third-order valence-corrected chi connectivity index (χ3v) is 3.44. The second-order valence-electron chi connectivity index (χ2n) is 5.42. The lowest BCUT2D eigenvalue weighted by atomic mass is 10.2. The van der Waals surface area contributed by atoms with E-state index in [1.807, 2.05) is 43.5 Å². The fraction of sp³-hybridized carbons (Fsp3) is 0.111. The van der Waals surface area contributed by atoms with Gasteiger partial charge in [0.05, 0.1) is 17.9 Å². The minimum absolute atomic E-state index is 0.272. The Bertz CT molecular complexity index is 852. The number of anilines is 1. The summed E-state index contributed by atoms with van der Waals surface area (Å²) in [5.41, 5.74) is 9.50. The number of hydrogen-bond donors (Lipinski definition) is 2. The van der Waals surface area contributed by atoms with Crippen LogP contribution < -0.4 is 11.1 Å². The molecule has 3 rings (SSSR count). The van der Waals surface area contributed by atoms with Gasteiger partial charge in [-0.05, 0) is 55.0 Å². The topological polar surface area (TPSA) is 68.2 Å². The predicted octanol–water partition coefficient (Wildman–Crippen LogP) is 3.25. The Morgan fingerprint density at radius 3 is 2.75 bits per heavy atom. The van der Waals surface area contributed by atoms with Gasteiger partial charge in [-0.2, -0.15) is 5.10 Å². The van der Waals surface area contributed by atoms with E-state index in [0.717, 1.165) is 22.6 Å². The van der Waals surface area contributed by atoms with Crippen molar-refractivity contribution in [2.24, 2.45) is 10.7 Å². The maximum Gasteiger partial charge on any atom is 0.193 e. The van der Waals surface area contributed by atoms with Crippen LogP contribution in [0.25, 0.3) is 5.69 Å². The molecule has 24 heavy (non-hydrogen) atoms. The first-order chi connectivity index (χ1) is 11.6. The van der Waals surface area contributed by atoms with Gasteiger partial charge in [0.15, 0.2) is 5.96 Å². The van der Waals surface area contributed by atoms with Crippen LogP contribution in [0, 0.1) is 12.7 Å². The fourth-order valence-electron chi connectivity index (χ4n) is 2.26. The second kappa shape index (κ2) is 6.95. The lowest BCUT2D eigenvalue weighted by molar-refractivity contribution is 0.627. The molecule has 0 saturated heterocycles. The van der Waals surface area contributed by atoms with E-state index in [2.05, 4.69) is 15.4 Å². The van der Waals surface area contributed by atoms with Crippen LogP contribution in [0.5, 0.6) is 0 Å². The highest BCUT2D eigenvalue weighted by molar-refractivity contribution is 5.92. The molecule has 0 fully saturated rings. The van der Waals surface area contributed by atoms with Crippen molar-refractivity contribution in [3.8, 4) is 5.69 Å². The molecule has 2 aromatic carbocycles. The molecule has 3 aromatic rings. The number of nitrogens with one attached hydrogen (secondary N) is 1. The standard InChI is InChI=1S/C18H18FN5/c1-13-3-2-4-15(11-13)22-18(20)21-12-16-9-10-24(23-16)17-7-5-14(19)6-8-17/h2-11H,12H2,1H3,(H3,20,21,22). The zero-order valence-electron chi connectivity index (χ0n) is 13.3. The summed E-state index contributed by atoms with van der Waals surface area (Å²) in [7, 11) is 0. The molecule has 0 aliphatic heterocycles. The van der Waals surface area contributed by atoms with E-state index in [1.165, 1.54) is 12.1 Å². The van der Waals surface area contributed by atoms with Crippen LogP contribution >= 0.6 is 0 Å². The van der Waals surface area contributed by atoms with Gasteiger partial charge in [0, 0.05) is 11.9 Å². The van der Waals surface area contributed by atoms with Crippen molar-refractivity contribution in [3.63, 3.8) is 0 Å². The van der Waals surface area contributed by atoms with E-state index in [4.69, 9.17) is 5.73 Å². The molecule has 0 aliphatic carbocycles. The highest BCUT2D eigenvalue weighted by Gasteiger charge is 2.02. The number of halogens is 1. The molecule has 0 aliphatic rings. The van der Waals surface area contributed by atoms with Crippen molar-refractivity contribution >= 4 is 11.6 Å². The molecule has 6 heteroatoms. The molecule has 0 unspecified atom stereocenters. The van der Waals surface area contributed by atoms with E-state index in [9.17, 15) is 4.39 Å². The lowest BCUT2D eigenvalue weighted by Gasteiger charge is -2.05. The number of benzene rings is 2. The maximum atomic E-state index is 13.0. The molecule has 0 radical (unpaired) electrons. The molecule has 122 valence electrons. The maximum absolute atomic E-state index is 13.0. The molecule has 1 aromatic heterocycles. The molecule has 3 N–H and O–H groups in total. The van der Waals surface area contributed by atoms with Crippen LogP contribution in [0.15, 0.2) is 65.8 Å². The molecule has 1 heterocycles. The monoisotopic (exact) mass is 323 g/mol. The van der Waals surface area contributed by atoms with E-state index >= 15 is 0 Å². The van der Waals surface area contributed by atoms with E-state index < -0.39 is 0 Å². The summed E-state index contributed by atoms with van der Waals surface area (Å²) in [4.78, 5) is 4.29. The fourth-order valence-corrected chi connectivity index (χ4v) is 2.26. The van der Waals surface area contributed by atoms with Crippen LogP contribution in [0.3, 0.4) is 0 Å². The first-order valence-corrected chi connectivity index (χ1v) is 7.54. The van der Waals surface area contributed by atoms with Crippen molar-refractivity contribution in [2.45, 2.75) is 13.5 Å². The molecule has 0 spiro atoms. The van der Waals surface area contributed by atoms with Crippen molar-refractivity contribution < 1.29 is 4.39 Å². The number of guanidine groups is 1. The number of aryl methyl sites for hydroxylation is 1. The van der Waals surface area contributed by atoms with Crippen molar-refractivity contribution in [3.05, 3.63) is 77.9 Å². The Hall–Kier alpha value is -3.15. The largest absolute Gasteiger partial charge is 0.370 e. The SMILES string of the molecule is Cc1cccc(NC(N)=NCc2ccn(-c3ccc(F)cc3)n2)c1. The quantitative estimate of drug-likeness (QED) is 0.572. The third kappa shape index (κ3) is 3.98. The van der Waals surface area contributed by atoms with Crippen LogP contribution in [0.2, 0.25) is 0 Å². The summed E-state index contributed by atoms with van der Waals surface area (Å²) in [6.45, 7) is 2.37. The minimum Gasteiger partial charge on any atom is -0.370 e. The van der Waals surface area contributed by atoms with Gasteiger partial charge in [-0.1, -0.05) is 12.1 Å². The minimum atomic E-state index is -0.272. The Morgan fingerprint density at radius 1 is 1.21 bits per heavy atom. The molecule has 0 amide bonds. The summed E-state index contributed by atoms with van der Waals surface area (Å²) < 4.78 is 14.6. The van der Waals surface area contributed by atoms with Crippen LogP contribution in [-0.4, -0.2) is 15.7 Å². The summed E-state index contributed by atoms with van der Waals surface area (Å²) in [5, 5.41) is 7.46. The average molecular weight is 323 g/mol. The van der Waals surface area contributed by atoms with Crippen LogP contribution in [0.4, 0.5) is 10.1 Å². The van der Waals surface area contributed by atoms with Gasteiger partial charge in [-0.25, -0.2) is 14.1 Å². The summed E-state index contributed by atoms with van der Waals surface area (Å²) in [6.07, 6.45) is 1.81. The van der Waals surface area contributed by atoms with Gasteiger partial charge < -0.3 is 11.1 Å². The van der Waals surface area contributed by atoms with Gasteiger partial charge in [0.2, 0.25) is 0 Å². The molecule has 5 nitrogen and oxygen atoms in total. The second-order valence-corrected chi connectivity index (χ2v) is 5.42. The summed E-state index contributed by atoms with van der Waals surface area (Å²) in [6, 6.07) is 15.9. The van der Waals surface area contributed by atoms with Crippen molar-refractivity contribution in [1.29, 1.82) is 0 Å². The number of rotatable bonds is 4. The Labute approximate surface area is 139 Å². The van der Waals surface area contributed by atoms with Gasteiger partial charge in [-0.15, -0.1) is 0 Å². The summed E-state index contributed by atoms with van der Waals surface area (Å²) >= 11 is 0. The zero-order valence-corrected chi connectivity index (χ0v) is 13.3.